The number of hydrogen-bond donors (Lipinski definition) is 2. The number of hydrogen-bond acceptors (Lipinski definition) is 3. The summed E-state index contributed by atoms with van der Waals surface area (Å²) in [6, 6.07) is 4.56. The van der Waals surface area contributed by atoms with E-state index in [1.807, 2.05) is 0 Å². The summed E-state index contributed by atoms with van der Waals surface area (Å²) in [6.07, 6.45) is 2.20. The minimum Gasteiger partial charge on any atom is -0.399 e. The summed E-state index contributed by atoms with van der Waals surface area (Å²) in [5.74, 6) is 0.0412. The lowest BCUT2D eigenvalue weighted by Crippen LogP contribution is -2.44. The van der Waals surface area contributed by atoms with E-state index in [2.05, 4.69) is 24.1 Å². The van der Waals surface area contributed by atoms with E-state index in [0.29, 0.717) is 24.2 Å². The molecule has 0 saturated carbocycles. The number of rotatable bonds is 3. The standard InChI is InChI=1S/C15H22FN3O/c1-10-5-6-19(11(2)7-10)9-15(20)18-14-8-12(17)3-4-13(14)16/h3-4,8,10-11H,5-7,9,17H2,1-2H3,(H,18,20). The summed E-state index contributed by atoms with van der Waals surface area (Å²) in [4.78, 5) is 14.1. The van der Waals surface area contributed by atoms with Gasteiger partial charge in [0.15, 0.2) is 0 Å². The SMILES string of the molecule is CC1CCN(CC(=O)Nc2cc(N)ccc2F)C(C)C1. The van der Waals surface area contributed by atoms with Crippen molar-refractivity contribution in [2.75, 3.05) is 24.1 Å². The number of likely N-dealkylation sites (tertiary alicyclic amines) is 1. The molecule has 1 fully saturated rings. The molecule has 2 unspecified atom stereocenters. The van der Waals surface area contributed by atoms with Gasteiger partial charge in [-0.3, -0.25) is 9.69 Å². The molecular formula is C15H22FN3O. The average molecular weight is 279 g/mol. The van der Waals surface area contributed by atoms with Gasteiger partial charge in [-0.15, -0.1) is 0 Å². The van der Waals surface area contributed by atoms with Crippen LogP contribution in [-0.4, -0.2) is 29.9 Å². The van der Waals surface area contributed by atoms with Gasteiger partial charge in [-0.1, -0.05) is 6.92 Å². The zero-order chi connectivity index (χ0) is 14.7. The number of halogens is 1. The van der Waals surface area contributed by atoms with E-state index in [0.717, 1.165) is 19.4 Å². The fourth-order valence-corrected chi connectivity index (χ4v) is 2.70. The summed E-state index contributed by atoms with van der Waals surface area (Å²) in [5.41, 5.74) is 6.18. The summed E-state index contributed by atoms with van der Waals surface area (Å²) in [7, 11) is 0. The third-order valence-electron chi connectivity index (χ3n) is 3.89. The zero-order valence-electron chi connectivity index (χ0n) is 12.0. The van der Waals surface area contributed by atoms with Gasteiger partial charge >= 0.3 is 0 Å². The van der Waals surface area contributed by atoms with Crippen LogP contribution in [0.25, 0.3) is 0 Å². The van der Waals surface area contributed by atoms with Crippen LogP contribution >= 0.6 is 0 Å². The van der Waals surface area contributed by atoms with Gasteiger partial charge in [-0.05, 0) is 50.4 Å². The molecule has 1 saturated heterocycles. The molecule has 2 atom stereocenters. The Bertz CT molecular complexity index is 492. The summed E-state index contributed by atoms with van der Waals surface area (Å²) < 4.78 is 13.6. The van der Waals surface area contributed by atoms with E-state index in [1.54, 1.807) is 0 Å². The highest BCUT2D eigenvalue weighted by Crippen LogP contribution is 2.22. The van der Waals surface area contributed by atoms with Crippen molar-refractivity contribution in [3.8, 4) is 0 Å². The van der Waals surface area contributed by atoms with E-state index < -0.39 is 5.82 Å². The number of nitrogen functional groups attached to an aromatic ring is 1. The normalized spacial score (nSPS) is 23.6. The van der Waals surface area contributed by atoms with Crippen LogP contribution in [-0.2, 0) is 4.79 Å². The predicted molar refractivity (Wildman–Crippen MR) is 78.9 cm³/mol. The topological polar surface area (TPSA) is 58.4 Å². The first-order valence-electron chi connectivity index (χ1n) is 7.04. The third-order valence-corrected chi connectivity index (χ3v) is 3.89. The van der Waals surface area contributed by atoms with Crippen molar-refractivity contribution in [3.05, 3.63) is 24.0 Å². The smallest absolute Gasteiger partial charge is 0.238 e. The molecule has 1 amide bonds. The van der Waals surface area contributed by atoms with Crippen LogP contribution in [0, 0.1) is 11.7 Å². The molecule has 0 bridgehead atoms. The lowest BCUT2D eigenvalue weighted by atomic mass is 9.93. The molecule has 0 aromatic heterocycles. The number of anilines is 2. The van der Waals surface area contributed by atoms with Crippen LogP contribution in [0.3, 0.4) is 0 Å². The molecule has 110 valence electrons. The number of nitrogens with two attached hydrogens (primary N) is 1. The van der Waals surface area contributed by atoms with E-state index >= 15 is 0 Å². The quantitative estimate of drug-likeness (QED) is 0.836. The second-order valence-electron chi connectivity index (χ2n) is 5.74. The van der Waals surface area contributed by atoms with Crippen molar-refractivity contribution in [1.29, 1.82) is 0 Å². The largest absolute Gasteiger partial charge is 0.399 e. The van der Waals surface area contributed by atoms with Gasteiger partial charge in [0.2, 0.25) is 5.91 Å². The Kier molecular flexibility index (Phi) is 4.60. The summed E-state index contributed by atoms with van der Waals surface area (Å²) >= 11 is 0. The second-order valence-corrected chi connectivity index (χ2v) is 5.74. The predicted octanol–water partition coefficient (Wildman–Crippen LogP) is 2.47. The summed E-state index contributed by atoms with van der Waals surface area (Å²) in [6.45, 7) is 5.57. The van der Waals surface area contributed by atoms with Crippen LogP contribution < -0.4 is 11.1 Å². The Balaban J connectivity index is 1.94. The molecule has 1 heterocycles. The van der Waals surface area contributed by atoms with Crippen LogP contribution in [0.4, 0.5) is 15.8 Å². The Morgan fingerprint density at radius 1 is 1.50 bits per heavy atom. The minimum atomic E-state index is -0.465. The first-order valence-corrected chi connectivity index (χ1v) is 7.04. The number of nitrogens with zero attached hydrogens (tertiary/aromatic N) is 1. The molecule has 1 aromatic rings. The molecule has 1 aromatic carbocycles. The molecule has 1 aliphatic heterocycles. The van der Waals surface area contributed by atoms with Crippen molar-refractivity contribution in [2.45, 2.75) is 32.7 Å². The maximum Gasteiger partial charge on any atom is 0.238 e. The molecule has 0 aliphatic carbocycles. The third kappa shape index (κ3) is 3.70. The van der Waals surface area contributed by atoms with Crippen molar-refractivity contribution < 1.29 is 9.18 Å². The first kappa shape index (κ1) is 14.8. The fourth-order valence-electron chi connectivity index (χ4n) is 2.70. The molecule has 3 N–H and O–H groups in total. The van der Waals surface area contributed by atoms with Crippen molar-refractivity contribution in [2.24, 2.45) is 5.92 Å². The number of piperidine rings is 1. The number of carbonyl (C=O) groups is 1. The van der Waals surface area contributed by atoms with Gasteiger partial charge in [-0.25, -0.2) is 4.39 Å². The highest BCUT2D eigenvalue weighted by atomic mass is 19.1. The molecule has 4 nitrogen and oxygen atoms in total. The van der Waals surface area contributed by atoms with E-state index in [4.69, 9.17) is 5.73 Å². The van der Waals surface area contributed by atoms with E-state index in [-0.39, 0.29) is 11.6 Å². The molecule has 20 heavy (non-hydrogen) atoms. The molecule has 5 heteroatoms. The van der Waals surface area contributed by atoms with Crippen LogP contribution in [0.2, 0.25) is 0 Å². The van der Waals surface area contributed by atoms with Gasteiger partial charge in [0.05, 0.1) is 12.2 Å². The zero-order valence-corrected chi connectivity index (χ0v) is 12.0. The molecule has 0 spiro atoms. The Morgan fingerprint density at radius 3 is 2.95 bits per heavy atom. The number of carbonyl (C=O) groups excluding carboxylic acids is 1. The lowest BCUT2D eigenvalue weighted by molar-refractivity contribution is -0.118. The van der Waals surface area contributed by atoms with Crippen molar-refractivity contribution in [1.82, 2.24) is 4.90 Å². The Hall–Kier alpha value is -1.62. The van der Waals surface area contributed by atoms with Crippen molar-refractivity contribution in [3.63, 3.8) is 0 Å². The number of amides is 1. The molecule has 0 radical (unpaired) electrons. The molecule has 1 aliphatic rings. The highest BCUT2D eigenvalue weighted by molar-refractivity contribution is 5.92. The summed E-state index contributed by atoms with van der Waals surface area (Å²) in [5, 5.41) is 2.59. The Labute approximate surface area is 119 Å². The lowest BCUT2D eigenvalue weighted by Gasteiger charge is -2.35. The van der Waals surface area contributed by atoms with Crippen LogP contribution in [0.15, 0.2) is 18.2 Å². The number of nitrogens with one attached hydrogen (secondary N) is 1. The van der Waals surface area contributed by atoms with Gasteiger partial charge in [0, 0.05) is 11.7 Å². The monoisotopic (exact) mass is 279 g/mol. The maximum atomic E-state index is 13.6. The first-order chi connectivity index (χ1) is 9.45. The van der Waals surface area contributed by atoms with Crippen molar-refractivity contribution >= 4 is 17.3 Å². The van der Waals surface area contributed by atoms with Gasteiger partial charge in [-0.2, -0.15) is 0 Å². The van der Waals surface area contributed by atoms with Crippen LogP contribution in [0.1, 0.15) is 26.7 Å². The fraction of sp³-hybridized carbons (Fsp3) is 0.533. The highest BCUT2D eigenvalue weighted by Gasteiger charge is 2.24. The molecular weight excluding hydrogens is 257 g/mol. The van der Waals surface area contributed by atoms with Gasteiger partial charge in [0.1, 0.15) is 5.82 Å². The van der Waals surface area contributed by atoms with Gasteiger partial charge < -0.3 is 11.1 Å². The second kappa shape index (κ2) is 6.22. The minimum absolute atomic E-state index is 0.146. The van der Waals surface area contributed by atoms with E-state index in [1.165, 1.54) is 18.2 Å². The maximum absolute atomic E-state index is 13.6. The van der Waals surface area contributed by atoms with Crippen LogP contribution in [0.5, 0.6) is 0 Å². The molecule has 2 rings (SSSR count). The number of benzene rings is 1. The Morgan fingerprint density at radius 2 is 2.25 bits per heavy atom. The van der Waals surface area contributed by atoms with E-state index in [9.17, 15) is 9.18 Å². The average Bonchev–Trinajstić information content (AvgIpc) is 2.37. The van der Waals surface area contributed by atoms with Gasteiger partial charge in [0.25, 0.3) is 0 Å².